The van der Waals surface area contributed by atoms with E-state index >= 15 is 0 Å². The standard InChI is InChI=1S/C17H22N4O/c18-10-5-11-19-17-14-8-4-9-15(14)20-16(21-17)12-22-13-6-2-1-3-7-13/h1-3,6-7H,4-5,8-12,18H2,(H,19,20,21). The topological polar surface area (TPSA) is 73.1 Å². The van der Waals surface area contributed by atoms with Gasteiger partial charge in [0, 0.05) is 17.8 Å². The zero-order valence-electron chi connectivity index (χ0n) is 12.7. The maximum absolute atomic E-state index is 5.76. The highest BCUT2D eigenvalue weighted by molar-refractivity contribution is 5.48. The molecule has 0 fully saturated rings. The molecule has 5 nitrogen and oxygen atoms in total. The number of ether oxygens (including phenoxy) is 1. The molecule has 1 aliphatic rings. The number of aromatic nitrogens is 2. The van der Waals surface area contributed by atoms with Crippen molar-refractivity contribution < 1.29 is 4.74 Å². The molecule has 1 aliphatic carbocycles. The maximum Gasteiger partial charge on any atom is 0.168 e. The zero-order valence-corrected chi connectivity index (χ0v) is 12.7. The molecule has 2 aromatic rings. The summed E-state index contributed by atoms with van der Waals surface area (Å²) in [6.07, 6.45) is 4.18. The third-order valence-corrected chi connectivity index (χ3v) is 3.76. The molecule has 0 spiro atoms. The highest BCUT2D eigenvalue weighted by Gasteiger charge is 2.19. The maximum atomic E-state index is 5.76. The molecule has 3 N–H and O–H groups in total. The number of fused-ring (bicyclic) bond motifs is 1. The van der Waals surface area contributed by atoms with Gasteiger partial charge in [-0.3, -0.25) is 0 Å². The van der Waals surface area contributed by atoms with Gasteiger partial charge in [0.1, 0.15) is 18.2 Å². The first kappa shape index (κ1) is 14.8. The van der Waals surface area contributed by atoms with Crippen LogP contribution in [0.5, 0.6) is 5.75 Å². The lowest BCUT2D eigenvalue weighted by molar-refractivity contribution is 0.295. The molecule has 5 heteroatoms. The van der Waals surface area contributed by atoms with Gasteiger partial charge in [-0.2, -0.15) is 0 Å². The third-order valence-electron chi connectivity index (χ3n) is 3.76. The number of rotatable bonds is 7. The number of benzene rings is 1. The Kier molecular flexibility index (Phi) is 4.85. The third kappa shape index (κ3) is 3.54. The van der Waals surface area contributed by atoms with Crippen molar-refractivity contribution >= 4 is 5.82 Å². The quantitative estimate of drug-likeness (QED) is 0.767. The smallest absolute Gasteiger partial charge is 0.168 e. The van der Waals surface area contributed by atoms with E-state index in [1.165, 1.54) is 5.56 Å². The molecule has 116 valence electrons. The number of nitrogens with one attached hydrogen (secondary N) is 1. The number of anilines is 1. The summed E-state index contributed by atoms with van der Waals surface area (Å²) in [4.78, 5) is 9.30. The summed E-state index contributed by atoms with van der Waals surface area (Å²) >= 11 is 0. The largest absolute Gasteiger partial charge is 0.486 e. The van der Waals surface area contributed by atoms with Crippen molar-refractivity contribution in [2.24, 2.45) is 5.73 Å². The molecule has 1 aromatic carbocycles. The molecule has 0 unspecified atom stereocenters. The van der Waals surface area contributed by atoms with E-state index in [1.54, 1.807) is 0 Å². The van der Waals surface area contributed by atoms with Gasteiger partial charge in [0.15, 0.2) is 5.82 Å². The lowest BCUT2D eigenvalue weighted by Crippen LogP contribution is -2.13. The highest BCUT2D eigenvalue weighted by Crippen LogP contribution is 2.26. The average Bonchev–Trinajstić information content (AvgIpc) is 3.03. The molecular formula is C17H22N4O. The Morgan fingerprint density at radius 3 is 2.82 bits per heavy atom. The van der Waals surface area contributed by atoms with E-state index in [-0.39, 0.29) is 0 Å². The van der Waals surface area contributed by atoms with Crippen LogP contribution in [-0.2, 0) is 19.4 Å². The van der Waals surface area contributed by atoms with Gasteiger partial charge in [0.25, 0.3) is 0 Å². The molecule has 1 heterocycles. The van der Waals surface area contributed by atoms with E-state index in [2.05, 4.69) is 15.3 Å². The second-order valence-electron chi connectivity index (χ2n) is 5.44. The minimum atomic E-state index is 0.392. The van der Waals surface area contributed by atoms with Gasteiger partial charge in [0.05, 0.1) is 0 Å². The van der Waals surface area contributed by atoms with Gasteiger partial charge in [-0.15, -0.1) is 0 Å². The van der Waals surface area contributed by atoms with Crippen molar-refractivity contribution in [3.63, 3.8) is 0 Å². The lowest BCUT2D eigenvalue weighted by atomic mass is 10.2. The van der Waals surface area contributed by atoms with Crippen LogP contribution in [0.15, 0.2) is 30.3 Å². The van der Waals surface area contributed by atoms with Gasteiger partial charge in [0.2, 0.25) is 0 Å². The summed E-state index contributed by atoms with van der Waals surface area (Å²) in [5.41, 5.74) is 7.98. The number of hydrogen-bond acceptors (Lipinski definition) is 5. The number of aryl methyl sites for hydroxylation is 1. The van der Waals surface area contributed by atoms with Crippen LogP contribution < -0.4 is 15.8 Å². The Morgan fingerprint density at radius 2 is 2.00 bits per heavy atom. The monoisotopic (exact) mass is 298 g/mol. The van der Waals surface area contributed by atoms with Crippen LogP contribution in [0.4, 0.5) is 5.82 Å². The van der Waals surface area contributed by atoms with E-state index < -0.39 is 0 Å². The average molecular weight is 298 g/mol. The van der Waals surface area contributed by atoms with Gasteiger partial charge >= 0.3 is 0 Å². The first-order valence-corrected chi connectivity index (χ1v) is 7.87. The van der Waals surface area contributed by atoms with Crippen LogP contribution in [0, 0.1) is 0 Å². The summed E-state index contributed by atoms with van der Waals surface area (Å²) < 4.78 is 5.76. The number of hydrogen-bond donors (Lipinski definition) is 2. The Labute approximate surface area is 130 Å². The van der Waals surface area contributed by atoms with Gasteiger partial charge in [-0.25, -0.2) is 9.97 Å². The highest BCUT2D eigenvalue weighted by atomic mass is 16.5. The predicted molar refractivity (Wildman–Crippen MR) is 87.0 cm³/mol. The molecule has 0 saturated heterocycles. The Morgan fingerprint density at radius 1 is 1.14 bits per heavy atom. The van der Waals surface area contributed by atoms with E-state index in [9.17, 15) is 0 Å². The summed E-state index contributed by atoms with van der Waals surface area (Å²) in [5.74, 6) is 2.53. The number of para-hydroxylation sites is 1. The minimum absolute atomic E-state index is 0.392. The Hall–Kier alpha value is -2.14. The second-order valence-corrected chi connectivity index (χ2v) is 5.44. The van der Waals surface area contributed by atoms with Crippen molar-refractivity contribution in [1.82, 2.24) is 9.97 Å². The number of nitrogens with two attached hydrogens (primary N) is 1. The van der Waals surface area contributed by atoms with Crippen LogP contribution in [-0.4, -0.2) is 23.1 Å². The van der Waals surface area contributed by atoms with Crippen molar-refractivity contribution in [1.29, 1.82) is 0 Å². The summed E-state index contributed by atoms with van der Waals surface area (Å²) in [6.45, 7) is 1.92. The van der Waals surface area contributed by atoms with Crippen molar-refractivity contribution in [2.45, 2.75) is 32.3 Å². The second kappa shape index (κ2) is 7.22. The predicted octanol–water partition coefficient (Wildman–Crippen LogP) is 2.31. The molecule has 3 rings (SSSR count). The van der Waals surface area contributed by atoms with Gasteiger partial charge in [-0.1, -0.05) is 18.2 Å². The first-order chi connectivity index (χ1) is 10.9. The fraction of sp³-hybridized carbons (Fsp3) is 0.412. The molecule has 22 heavy (non-hydrogen) atoms. The van der Waals surface area contributed by atoms with Crippen LogP contribution in [0.3, 0.4) is 0 Å². The van der Waals surface area contributed by atoms with Crippen LogP contribution in [0.25, 0.3) is 0 Å². The van der Waals surface area contributed by atoms with Crippen LogP contribution in [0.2, 0.25) is 0 Å². The SMILES string of the molecule is NCCCNc1nc(COc2ccccc2)nc2c1CCC2. The molecule has 0 bridgehead atoms. The Balaban J connectivity index is 1.72. The van der Waals surface area contributed by atoms with Crippen molar-refractivity contribution in [3.8, 4) is 5.75 Å². The van der Waals surface area contributed by atoms with Gasteiger partial charge in [-0.05, 0) is 44.4 Å². The molecule has 0 atom stereocenters. The molecule has 0 radical (unpaired) electrons. The minimum Gasteiger partial charge on any atom is -0.486 e. The van der Waals surface area contributed by atoms with E-state index in [4.69, 9.17) is 10.5 Å². The number of nitrogens with zero attached hydrogens (tertiary/aromatic N) is 2. The molecular weight excluding hydrogens is 276 g/mol. The normalized spacial score (nSPS) is 13.0. The molecule has 0 saturated carbocycles. The summed E-state index contributed by atoms with van der Waals surface area (Å²) in [5, 5.41) is 3.40. The van der Waals surface area contributed by atoms with E-state index in [0.717, 1.165) is 55.3 Å². The zero-order chi connectivity index (χ0) is 15.2. The van der Waals surface area contributed by atoms with Crippen LogP contribution in [0.1, 0.15) is 29.9 Å². The fourth-order valence-electron chi connectivity index (χ4n) is 2.67. The summed E-state index contributed by atoms with van der Waals surface area (Å²) in [6, 6.07) is 9.76. The van der Waals surface area contributed by atoms with Crippen LogP contribution >= 0.6 is 0 Å². The van der Waals surface area contributed by atoms with Crippen molar-refractivity contribution in [2.75, 3.05) is 18.4 Å². The summed E-state index contributed by atoms with van der Waals surface area (Å²) in [7, 11) is 0. The van der Waals surface area contributed by atoms with Gasteiger partial charge < -0.3 is 15.8 Å². The lowest BCUT2D eigenvalue weighted by Gasteiger charge is -2.12. The molecule has 0 amide bonds. The van der Waals surface area contributed by atoms with E-state index in [0.29, 0.717) is 13.2 Å². The molecule has 1 aromatic heterocycles. The fourth-order valence-corrected chi connectivity index (χ4v) is 2.67. The van der Waals surface area contributed by atoms with Crippen molar-refractivity contribution in [3.05, 3.63) is 47.4 Å². The van der Waals surface area contributed by atoms with E-state index in [1.807, 2.05) is 30.3 Å². The first-order valence-electron chi connectivity index (χ1n) is 7.87. The molecule has 0 aliphatic heterocycles. The Bertz CT molecular complexity index is 616.